The summed E-state index contributed by atoms with van der Waals surface area (Å²) in [5.74, 6) is 0.320. The van der Waals surface area contributed by atoms with Crippen LogP contribution in [0.5, 0.6) is 0 Å². The molecule has 1 aromatic heterocycles. The van der Waals surface area contributed by atoms with Gasteiger partial charge in [0.05, 0.1) is 11.7 Å². The lowest BCUT2D eigenvalue weighted by Gasteiger charge is -2.23. The average molecular weight is 389 g/mol. The Morgan fingerprint density at radius 2 is 1.71 bits per heavy atom. The zero-order valence-corrected chi connectivity index (χ0v) is 16.0. The normalized spacial score (nSPS) is 18.8. The van der Waals surface area contributed by atoms with Crippen LogP contribution < -0.4 is 10.3 Å². The molecule has 1 unspecified atom stereocenters. The van der Waals surface area contributed by atoms with E-state index in [4.69, 9.17) is 0 Å². The first-order chi connectivity index (χ1) is 13.8. The van der Waals surface area contributed by atoms with Gasteiger partial charge in [-0.05, 0) is 30.5 Å². The minimum atomic E-state index is -0.210. The van der Waals surface area contributed by atoms with Gasteiger partial charge in [-0.3, -0.25) is 15.1 Å². The minimum absolute atomic E-state index is 0.0132. The molecule has 1 atom stereocenters. The van der Waals surface area contributed by atoms with Gasteiger partial charge in [-0.1, -0.05) is 59.9 Å². The summed E-state index contributed by atoms with van der Waals surface area (Å²) in [4.78, 5) is 12.8. The molecule has 1 N–H and O–H groups in total. The number of rotatable bonds is 5. The van der Waals surface area contributed by atoms with Crippen molar-refractivity contribution in [3.8, 4) is 0 Å². The van der Waals surface area contributed by atoms with Crippen LogP contribution in [0.25, 0.3) is 0 Å². The van der Waals surface area contributed by atoms with Crippen LogP contribution in [0.15, 0.2) is 65.8 Å². The van der Waals surface area contributed by atoms with E-state index in [1.807, 2.05) is 53.5 Å². The lowest BCUT2D eigenvalue weighted by atomic mass is 10.0. The number of para-hydroxylation sites is 1. The molecule has 1 fully saturated rings. The van der Waals surface area contributed by atoms with Crippen molar-refractivity contribution < 1.29 is 4.79 Å². The van der Waals surface area contributed by atoms with Gasteiger partial charge in [0.15, 0.2) is 0 Å². The molecule has 7 heteroatoms. The van der Waals surface area contributed by atoms with Crippen LogP contribution in [0.1, 0.15) is 41.8 Å². The quantitative estimate of drug-likeness (QED) is 0.704. The van der Waals surface area contributed by atoms with E-state index >= 15 is 0 Å². The molecule has 5 rings (SSSR count). The van der Waals surface area contributed by atoms with Gasteiger partial charge in [0, 0.05) is 12.3 Å². The second-order valence-electron chi connectivity index (χ2n) is 7.03. The van der Waals surface area contributed by atoms with Crippen LogP contribution in [-0.2, 0) is 4.79 Å². The molecule has 28 heavy (non-hydrogen) atoms. The summed E-state index contributed by atoms with van der Waals surface area (Å²) in [7, 11) is 0. The maximum Gasteiger partial charge on any atom is 0.273 e. The Kier molecular flexibility index (Phi) is 4.37. The molecule has 0 bridgehead atoms. The van der Waals surface area contributed by atoms with Gasteiger partial charge in [0.2, 0.25) is 5.13 Å². The van der Waals surface area contributed by atoms with Gasteiger partial charge in [0.1, 0.15) is 10.7 Å². The SMILES string of the molecule is O=C(Nc1nnc(C2CC2)s1)C1=NN(c2ccccc2)C(c2ccccc2)C1. The summed E-state index contributed by atoms with van der Waals surface area (Å²) < 4.78 is 0. The van der Waals surface area contributed by atoms with Crippen molar-refractivity contribution in [2.75, 3.05) is 10.3 Å². The lowest BCUT2D eigenvalue weighted by molar-refractivity contribution is -0.110. The maximum absolute atomic E-state index is 12.8. The first-order valence-electron chi connectivity index (χ1n) is 9.39. The van der Waals surface area contributed by atoms with E-state index in [9.17, 15) is 4.79 Å². The third-order valence-corrected chi connectivity index (χ3v) is 5.97. The van der Waals surface area contributed by atoms with Crippen molar-refractivity contribution in [1.29, 1.82) is 0 Å². The highest BCUT2D eigenvalue weighted by atomic mass is 32.1. The lowest BCUT2D eigenvalue weighted by Crippen LogP contribution is -2.21. The maximum atomic E-state index is 12.8. The molecule has 140 valence electrons. The molecule has 2 heterocycles. The predicted molar refractivity (Wildman–Crippen MR) is 111 cm³/mol. The molecule has 2 aromatic carbocycles. The fourth-order valence-corrected chi connectivity index (χ4v) is 4.26. The monoisotopic (exact) mass is 389 g/mol. The van der Waals surface area contributed by atoms with Gasteiger partial charge in [-0.25, -0.2) is 0 Å². The van der Waals surface area contributed by atoms with Crippen LogP contribution in [-0.4, -0.2) is 21.8 Å². The number of benzene rings is 2. The Morgan fingerprint density at radius 3 is 2.43 bits per heavy atom. The Morgan fingerprint density at radius 1 is 1.00 bits per heavy atom. The fourth-order valence-electron chi connectivity index (χ4n) is 3.35. The third-order valence-electron chi connectivity index (χ3n) is 4.97. The van der Waals surface area contributed by atoms with Crippen molar-refractivity contribution in [2.24, 2.45) is 5.10 Å². The number of nitrogens with one attached hydrogen (secondary N) is 1. The molecular formula is C21H19N5OS. The molecule has 2 aliphatic rings. The molecule has 6 nitrogen and oxygen atoms in total. The van der Waals surface area contributed by atoms with Crippen molar-refractivity contribution in [2.45, 2.75) is 31.2 Å². The number of hydrogen-bond acceptors (Lipinski definition) is 6. The second-order valence-corrected chi connectivity index (χ2v) is 8.04. The molecule has 1 saturated carbocycles. The Hall–Kier alpha value is -3.06. The van der Waals surface area contributed by atoms with Crippen LogP contribution >= 0.6 is 11.3 Å². The smallest absolute Gasteiger partial charge is 0.273 e. The van der Waals surface area contributed by atoms with Crippen molar-refractivity contribution >= 4 is 33.8 Å². The van der Waals surface area contributed by atoms with E-state index in [0.717, 1.165) is 16.3 Å². The zero-order valence-electron chi connectivity index (χ0n) is 15.2. The number of carbonyl (C=O) groups is 1. The van der Waals surface area contributed by atoms with Crippen molar-refractivity contribution in [1.82, 2.24) is 10.2 Å². The average Bonchev–Trinajstić information content (AvgIpc) is 3.32. The second kappa shape index (κ2) is 7.16. The third kappa shape index (κ3) is 3.41. The number of hydrazone groups is 1. The minimum Gasteiger partial charge on any atom is -0.295 e. The van der Waals surface area contributed by atoms with Gasteiger partial charge in [-0.2, -0.15) is 5.10 Å². The van der Waals surface area contributed by atoms with E-state index < -0.39 is 0 Å². The van der Waals surface area contributed by atoms with Crippen LogP contribution in [0, 0.1) is 0 Å². The number of carbonyl (C=O) groups excluding carboxylic acids is 1. The highest BCUT2D eigenvalue weighted by Gasteiger charge is 2.33. The largest absolute Gasteiger partial charge is 0.295 e. The Labute approximate surface area is 166 Å². The van der Waals surface area contributed by atoms with E-state index in [1.54, 1.807) is 0 Å². The summed E-state index contributed by atoms with van der Waals surface area (Å²) in [5, 5.41) is 19.3. The summed E-state index contributed by atoms with van der Waals surface area (Å²) in [6.07, 6.45) is 2.87. The molecule has 1 aliphatic heterocycles. The topological polar surface area (TPSA) is 70.5 Å². The number of hydrogen-bond donors (Lipinski definition) is 1. The van der Waals surface area contributed by atoms with Crippen molar-refractivity contribution in [3.05, 3.63) is 71.2 Å². The van der Waals surface area contributed by atoms with Crippen LogP contribution in [0.2, 0.25) is 0 Å². The number of aromatic nitrogens is 2. The van der Waals surface area contributed by atoms with Gasteiger partial charge < -0.3 is 0 Å². The fraction of sp³-hybridized carbons (Fsp3) is 0.238. The molecule has 1 amide bonds. The number of anilines is 2. The molecule has 0 saturated heterocycles. The van der Waals surface area contributed by atoms with Gasteiger partial charge in [-0.15, -0.1) is 10.2 Å². The molecule has 3 aromatic rings. The summed E-state index contributed by atoms with van der Waals surface area (Å²) >= 11 is 1.46. The number of amides is 1. The zero-order chi connectivity index (χ0) is 18.9. The highest BCUT2D eigenvalue weighted by Crippen LogP contribution is 2.42. The predicted octanol–water partition coefficient (Wildman–Crippen LogP) is 4.36. The van der Waals surface area contributed by atoms with Gasteiger partial charge >= 0.3 is 0 Å². The Balaban J connectivity index is 1.39. The van der Waals surface area contributed by atoms with Crippen LogP contribution in [0.4, 0.5) is 10.8 Å². The molecule has 0 spiro atoms. The molecular weight excluding hydrogens is 370 g/mol. The van der Waals surface area contributed by atoms with Crippen molar-refractivity contribution in [3.63, 3.8) is 0 Å². The molecule has 1 aliphatic carbocycles. The first kappa shape index (κ1) is 17.1. The van der Waals surface area contributed by atoms with E-state index in [0.29, 0.717) is 23.2 Å². The highest BCUT2D eigenvalue weighted by molar-refractivity contribution is 7.15. The summed E-state index contributed by atoms with van der Waals surface area (Å²) in [6, 6.07) is 20.1. The van der Waals surface area contributed by atoms with Gasteiger partial charge in [0.25, 0.3) is 5.91 Å². The molecule has 0 radical (unpaired) electrons. The van der Waals surface area contributed by atoms with E-state index in [2.05, 4.69) is 32.7 Å². The summed E-state index contributed by atoms with van der Waals surface area (Å²) in [5.41, 5.74) is 2.59. The van der Waals surface area contributed by atoms with E-state index in [-0.39, 0.29) is 11.9 Å². The number of nitrogens with zero attached hydrogens (tertiary/aromatic N) is 4. The standard InChI is InChI=1S/C21H19N5OS/c27-19(22-21-24-23-20(28-21)15-11-12-15)17-13-18(14-7-3-1-4-8-14)26(25-17)16-9-5-2-6-10-16/h1-10,15,18H,11-13H2,(H,22,24,27). The van der Waals surface area contributed by atoms with E-state index in [1.165, 1.54) is 24.2 Å². The first-order valence-corrected chi connectivity index (χ1v) is 10.2. The van der Waals surface area contributed by atoms with Crippen LogP contribution in [0.3, 0.4) is 0 Å². The summed E-state index contributed by atoms with van der Waals surface area (Å²) in [6.45, 7) is 0. The Bertz CT molecular complexity index is 1010.